The van der Waals surface area contributed by atoms with Crippen LogP contribution in [0.3, 0.4) is 0 Å². The van der Waals surface area contributed by atoms with Gasteiger partial charge in [0.2, 0.25) is 0 Å². The van der Waals surface area contributed by atoms with Gasteiger partial charge in [-0.15, -0.1) is 0 Å². The predicted molar refractivity (Wildman–Crippen MR) is 82.0 cm³/mol. The maximum absolute atomic E-state index is 10.5. The molecule has 0 aliphatic rings. The average molecular weight is 284 g/mol. The molecule has 0 fully saturated rings. The van der Waals surface area contributed by atoms with Crippen LogP contribution >= 0.6 is 0 Å². The molecule has 0 aliphatic carbocycles. The Morgan fingerprint density at radius 2 is 1.71 bits per heavy atom. The third-order valence-corrected chi connectivity index (χ3v) is 3.36. The molecule has 1 heterocycles. The highest BCUT2D eigenvalue weighted by Gasteiger charge is 2.03. The van der Waals surface area contributed by atoms with Crippen LogP contribution in [-0.4, -0.2) is 21.0 Å². The van der Waals surface area contributed by atoms with Gasteiger partial charge in [-0.2, -0.15) is 0 Å². The first-order valence-corrected chi connectivity index (χ1v) is 7.31. The smallest absolute Gasteiger partial charge is 0.303 e. The molecule has 0 bridgehead atoms. The lowest BCUT2D eigenvalue weighted by Gasteiger charge is -2.04. The summed E-state index contributed by atoms with van der Waals surface area (Å²) in [7, 11) is 0. The highest BCUT2D eigenvalue weighted by molar-refractivity contribution is 5.67. The first kappa shape index (κ1) is 15.2. The number of carbonyl (C=O) groups is 1. The zero-order valence-electron chi connectivity index (χ0n) is 12.2. The zero-order valence-corrected chi connectivity index (χ0v) is 12.2. The van der Waals surface area contributed by atoms with Gasteiger partial charge in [-0.1, -0.05) is 37.6 Å². The molecule has 21 heavy (non-hydrogen) atoms. The SMILES string of the molecule is CCCCc1cnc(-c2ccc(CCC(=O)O)cc2)nc1. The summed E-state index contributed by atoms with van der Waals surface area (Å²) >= 11 is 0. The van der Waals surface area contributed by atoms with Crippen molar-refractivity contribution in [3.05, 3.63) is 47.8 Å². The first-order chi connectivity index (χ1) is 10.2. The minimum Gasteiger partial charge on any atom is -0.481 e. The maximum Gasteiger partial charge on any atom is 0.303 e. The Balaban J connectivity index is 2.02. The van der Waals surface area contributed by atoms with E-state index in [4.69, 9.17) is 5.11 Å². The van der Waals surface area contributed by atoms with E-state index in [1.807, 2.05) is 36.7 Å². The van der Waals surface area contributed by atoms with Crippen molar-refractivity contribution >= 4 is 5.97 Å². The molecule has 0 unspecified atom stereocenters. The number of carboxylic acid groups (broad SMARTS) is 1. The number of aromatic nitrogens is 2. The van der Waals surface area contributed by atoms with E-state index in [9.17, 15) is 4.79 Å². The van der Waals surface area contributed by atoms with Gasteiger partial charge in [0, 0.05) is 24.4 Å². The molecule has 0 amide bonds. The van der Waals surface area contributed by atoms with E-state index < -0.39 is 5.97 Å². The molecular weight excluding hydrogens is 264 g/mol. The fourth-order valence-corrected chi connectivity index (χ4v) is 2.09. The van der Waals surface area contributed by atoms with Gasteiger partial charge in [0.15, 0.2) is 5.82 Å². The Morgan fingerprint density at radius 3 is 2.29 bits per heavy atom. The summed E-state index contributed by atoms with van der Waals surface area (Å²) in [6, 6.07) is 7.76. The van der Waals surface area contributed by atoms with Gasteiger partial charge >= 0.3 is 5.97 Å². The van der Waals surface area contributed by atoms with Crippen LogP contribution in [0.5, 0.6) is 0 Å². The third-order valence-electron chi connectivity index (χ3n) is 3.36. The minimum atomic E-state index is -0.773. The van der Waals surface area contributed by atoms with Crippen molar-refractivity contribution in [3.8, 4) is 11.4 Å². The fraction of sp³-hybridized carbons (Fsp3) is 0.353. The summed E-state index contributed by atoms with van der Waals surface area (Å²) in [6.45, 7) is 2.17. The van der Waals surface area contributed by atoms with E-state index >= 15 is 0 Å². The van der Waals surface area contributed by atoms with Gasteiger partial charge in [-0.25, -0.2) is 9.97 Å². The molecule has 4 heteroatoms. The molecule has 0 radical (unpaired) electrons. The van der Waals surface area contributed by atoms with Crippen molar-refractivity contribution in [2.24, 2.45) is 0 Å². The Morgan fingerprint density at radius 1 is 1.05 bits per heavy atom. The Kier molecular flexibility index (Phi) is 5.43. The lowest BCUT2D eigenvalue weighted by molar-refractivity contribution is -0.136. The normalized spacial score (nSPS) is 10.5. The van der Waals surface area contributed by atoms with E-state index in [1.54, 1.807) is 0 Å². The van der Waals surface area contributed by atoms with Crippen LogP contribution in [0.2, 0.25) is 0 Å². The van der Waals surface area contributed by atoms with Gasteiger partial charge in [0.25, 0.3) is 0 Å². The molecule has 1 N–H and O–H groups in total. The average Bonchev–Trinajstić information content (AvgIpc) is 2.52. The second-order valence-corrected chi connectivity index (χ2v) is 5.11. The van der Waals surface area contributed by atoms with Crippen molar-refractivity contribution in [1.82, 2.24) is 9.97 Å². The second-order valence-electron chi connectivity index (χ2n) is 5.11. The number of unbranched alkanes of at least 4 members (excludes halogenated alkanes) is 1. The van der Waals surface area contributed by atoms with Crippen molar-refractivity contribution in [1.29, 1.82) is 0 Å². The number of aryl methyl sites for hydroxylation is 2. The molecule has 110 valence electrons. The molecule has 0 aliphatic heterocycles. The lowest BCUT2D eigenvalue weighted by Crippen LogP contribution is -1.97. The number of aliphatic carboxylic acids is 1. The summed E-state index contributed by atoms with van der Waals surface area (Å²) in [5, 5.41) is 8.67. The molecular formula is C17H20N2O2. The van der Waals surface area contributed by atoms with Crippen LogP contribution in [0.25, 0.3) is 11.4 Å². The summed E-state index contributed by atoms with van der Waals surface area (Å²) < 4.78 is 0. The first-order valence-electron chi connectivity index (χ1n) is 7.31. The summed E-state index contributed by atoms with van der Waals surface area (Å²) in [4.78, 5) is 19.3. The van der Waals surface area contributed by atoms with Crippen molar-refractivity contribution in [2.45, 2.75) is 39.0 Å². The Bertz CT molecular complexity index is 577. The van der Waals surface area contributed by atoms with Crippen LogP contribution in [-0.2, 0) is 17.6 Å². The molecule has 2 aromatic rings. The fourth-order valence-electron chi connectivity index (χ4n) is 2.09. The second kappa shape index (κ2) is 7.53. The van der Waals surface area contributed by atoms with Gasteiger partial charge < -0.3 is 5.11 Å². The van der Waals surface area contributed by atoms with Crippen LogP contribution < -0.4 is 0 Å². The van der Waals surface area contributed by atoms with Crippen LogP contribution in [0.1, 0.15) is 37.3 Å². The minimum absolute atomic E-state index is 0.155. The van der Waals surface area contributed by atoms with E-state index in [-0.39, 0.29) is 6.42 Å². The summed E-state index contributed by atoms with van der Waals surface area (Å²) in [5.74, 6) is -0.0647. The third kappa shape index (κ3) is 4.67. The number of nitrogens with zero attached hydrogens (tertiary/aromatic N) is 2. The molecule has 4 nitrogen and oxygen atoms in total. The molecule has 0 atom stereocenters. The van der Waals surface area contributed by atoms with E-state index in [0.717, 1.165) is 24.0 Å². The van der Waals surface area contributed by atoms with Gasteiger partial charge in [0.05, 0.1) is 0 Å². The summed E-state index contributed by atoms with van der Waals surface area (Å²) in [5.41, 5.74) is 3.13. The monoisotopic (exact) mass is 284 g/mol. The Labute approximate surface area is 124 Å². The van der Waals surface area contributed by atoms with E-state index in [2.05, 4.69) is 16.9 Å². The zero-order chi connectivity index (χ0) is 15.1. The number of hydrogen-bond acceptors (Lipinski definition) is 3. The molecule has 1 aromatic carbocycles. The number of carboxylic acids is 1. The van der Waals surface area contributed by atoms with Crippen LogP contribution in [0.4, 0.5) is 0 Å². The molecule has 2 rings (SSSR count). The summed E-state index contributed by atoms with van der Waals surface area (Å²) in [6.07, 6.45) is 7.81. The number of hydrogen-bond donors (Lipinski definition) is 1. The Hall–Kier alpha value is -2.23. The molecule has 0 spiro atoms. The van der Waals surface area contributed by atoms with Crippen LogP contribution in [0, 0.1) is 0 Å². The van der Waals surface area contributed by atoms with E-state index in [0.29, 0.717) is 12.2 Å². The maximum atomic E-state index is 10.5. The van der Waals surface area contributed by atoms with Crippen molar-refractivity contribution in [3.63, 3.8) is 0 Å². The van der Waals surface area contributed by atoms with Crippen LogP contribution in [0.15, 0.2) is 36.7 Å². The van der Waals surface area contributed by atoms with Gasteiger partial charge in [0.1, 0.15) is 0 Å². The topological polar surface area (TPSA) is 63.1 Å². The predicted octanol–water partition coefficient (Wildman–Crippen LogP) is 3.50. The number of benzene rings is 1. The highest BCUT2D eigenvalue weighted by Crippen LogP contribution is 2.16. The molecule has 1 aromatic heterocycles. The standard InChI is InChI=1S/C17H20N2O2/c1-2-3-4-14-11-18-17(19-12-14)15-8-5-13(6-9-15)7-10-16(20)21/h5-6,8-9,11-12H,2-4,7,10H2,1H3,(H,20,21). The van der Waals surface area contributed by atoms with E-state index in [1.165, 1.54) is 12.0 Å². The van der Waals surface area contributed by atoms with Gasteiger partial charge in [-0.3, -0.25) is 4.79 Å². The quantitative estimate of drug-likeness (QED) is 0.845. The van der Waals surface area contributed by atoms with Crippen molar-refractivity contribution < 1.29 is 9.90 Å². The largest absolute Gasteiger partial charge is 0.481 e. The lowest BCUT2D eigenvalue weighted by atomic mass is 10.1. The van der Waals surface area contributed by atoms with Crippen molar-refractivity contribution in [2.75, 3.05) is 0 Å². The van der Waals surface area contributed by atoms with Gasteiger partial charge in [-0.05, 0) is 30.4 Å². The number of rotatable bonds is 7. The highest BCUT2D eigenvalue weighted by atomic mass is 16.4. The molecule has 0 saturated heterocycles. The molecule has 0 saturated carbocycles.